The van der Waals surface area contributed by atoms with Crippen molar-refractivity contribution >= 4 is 43.9 Å². The molecular formula is C46H28N2O2. The van der Waals surface area contributed by atoms with Gasteiger partial charge >= 0.3 is 0 Å². The third-order valence-electron chi connectivity index (χ3n) is 9.54. The molecule has 0 fully saturated rings. The van der Waals surface area contributed by atoms with E-state index in [4.69, 9.17) is 18.8 Å². The van der Waals surface area contributed by atoms with Crippen LogP contribution < -0.4 is 0 Å². The van der Waals surface area contributed by atoms with Gasteiger partial charge < -0.3 is 8.83 Å². The number of aromatic nitrogens is 2. The van der Waals surface area contributed by atoms with E-state index in [2.05, 4.69) is 115 Å². The van der Waals surface area contributed by atoms with Crippen LogP contribution in [0.3, 0.4) is 0 Å². The van der Waals surface area contributed by atoms with Crippen LogP contribution in [0.15, 0.2) is 179 Å². The highest BCUT2D eigenvalue weighted by atomic mass is 16.3. The van der Waals surface area contributed by atoms with Crippen molar-refractivity contribution in [2.75, 3.05) is 0 Å². The van der Waals surface area contributed by atoms with E-state index >= 15 is 0 Å². The Hall–Kier alpha value is -6.78. The zero-order chi connectivity index (χ0) is 33.0. The molecule has 0 unspecified atom stereocenters. The summed E-state index contributed by atoms with van der Waals surface area (Å²) in [6, 6.07) is 58.4. The van der Waals surface area contributed by atoms with Gasteiger partial charge in [0.15, 0.2) is 5.82 Å². The monoisotopic (exact) mass is 640 g/mol. The molecule has 3 heterocycles. The van der Waals surface area contributed by atoms with Gasteiger partial charge in [-0.25, -0.2) is 9.97 Å². The summed E-state index contributed by atoms with van der Waals surface area (Å²) in [5.41, 5.74) is 12.3. The van der Waals surface area contributed by atoms with Crippen LogP contribution in [0.1, 0.15) is 0 Å². The number of hydrogen-bond acceptors (Lipinski definition) is 4. The second kappa shape index (κ2) is 11.4. The Balaban J connectivity index is 1.22. The highest BCUT2D eigenvalue weighted by molar-refractivity contribution is 6.17. The van der Waals surface area contributed by atoms with Crippen molar-refractivity contribution in [2.45, 2.75) is 0 Å². The molecule has 0 bridgehead atoms. The average Bonchev–Trinajstić information content (AvgIpc) is 3.77. The summed E-state index contributed by atoms with van der Waals surface area (Å²) in [5.74, 6) is 0.657. The fourth-order valence-corrected chi connectivity index (χ4v) is 7.18. The van der Waals surface area contributed by atoms with E-state index in [1.807, 2.05) is 54.6 Å². The number of fused-ring (bicyclic) bond motifs is 6. The predicted octanol–water partition coefficient (Wildman–Crippen LogP) is 12.6. The SMILES string of the molecule is c1ccc(-c2nc(-c3ccccc3-c3ccccc3)cc(-c3ccc(-c4ccc5c(c4)oc4ccccc45)c4c3oc3ccccc34)n2)cc1. The summed E-state index contributed by atoms with van der Waals surface area (Å²) < 4.78 is 13.0. The maximum atomic E-state index is 6.74. The molecule has 234 valence electrons. The Morgan fingerprint density at radius 2 is 0.920 bits per heavy atom. The van der Waals surface area contributed by atoms with Crippen molar-refractivity contribution in [3.63, 3.8) is 0 Å². The van der Waals surface area contributed by atoms with E-state index < -0.39 is 0 Å². The third kappa shape index (κ3) is 4.61. The number of furan rings is 2. The van der Waals surface area contributed by atoms with Crippen molar-refractivity contribution in [2.24, 2.45) is 0 Å². The van der Waals surface area contributed by atoms with Crippen LogP contribution >= 0.6 is 0 Å². The second-order valence-corrected chi connectivity index (χ2v) is 12.5. The van der Waals surface area contributed by atoms with Crippen molar-refractivity contribution < 1.29 is 8.83 Å². The highest BCUT2D eigenvalue weighted by Gasteiger charge is 2.21. The fraction of sp³-hybridized carbons (Fsp3) is 0. The first kappa shape index (κ1) is 28.3. The molecule has 10 rings (SSSR count). The molecule has 4 nitrogen and oxygen atoms in total. The summed E-state index contributed by atoms with van der Waals surface area (Å²) in [5, 5.41) is 4.31. The van der Waals surface area contributed by atoms with Crippen LogP contribution in [0.5, 0.6) is 0 Å². The maximum Gasteiger partial charge on any atom is 0.160 e. The first-order valence-corrected chi connectivity index (χ1v) is 16.7. The number of para-hydroxylation sites is 2. The van der Waals surface area contributed by atoms with E-state index in [-0.39, 0.29) is 0 Å². The van der Waals surface area contributed by atoms with Gasteiger partial charge in [0.25, 0.3) is 0 Å². The van der Waals surface area contributed by atoms with Crippen LogP contribution in [-0.2, 0) is 0 Å². The molecule has 0 radical (unpaired) electrons. The number of hydrogen-bond donors (Lipinski definition) is 0. The van der Waals surface area contributed by atoms with E-state index in [1.165, 1.54) is 0 Å². The topological polar surface area (TPSA) is 52.1 Å². The minimum atomic E-state index is 0.657. The second-order valence-electron chi connectivity index (χ2n) is 12.5. The Morgan fingerprint density at radius 1 is 0.340 bits per heavy atom. The summed E-state index contributed by atoms with van der Waals surface area (Å²) in [6.45, 7) is 0. The Morgan fingerprint density at radius 3 is 1.70 bits per heavy atom. The Kier molecular flexibility index (Phi) is 6.46. The van der Waals surface area contributed by atoms with Gasteiger partial charge in [-0.1, -0.05) is 133 Å². The lowest BCUT2D eigenvalue weighted by Gasteiger charge is -2.14. The van der Waals surface area contributed by atoms with Crippen LogP contribution in [0.25, 0.3) is 100 Å². The van der Waals surface area contributed by atoms with Gasteiger partial charge in [0.05, 0.1) is 11.4 Å². The molecule has 0 aliphatic carbocycles. The maximum absolute atomic E-state index is 6.74. The van der Waals surface area contributed by atoms with Crippen molar-refractivity contribution in [1.29, 1.82) is 0 Å². The molecule has 10 aromatic rings. The Labute approximate surface area is 287 Å². The molecule has 0 saturated carbocycles. The van der Waals surface area contributed by atoms with Crippen molar-refractivity contribution in [1.82, 2.24) is 9.97 Å². The number of nitrogens with zero attached hydrogens (tertiary/aromatic N) is 2. The molecular weight excluding hydrogens is 613 g/mol. The minimum Gasteiger partial charge on any atom is -0.456 e. The normalized spacial score (nSPS) is 11.6. The fourth-order valence-electron chi connectivity index (χ4n) is 7.18. The van der Waals surface area contributed by atoms with Gasteiger partial charge in [-0.2, -0.15) is 0 Å². The van der Waals surface area contributed by atoms with Crippen LogP contribution in [0, 0.1) is 0 Å². The minimum absolute atomic E-state index is 0.657. The Bertz CT molecular complexity index is 2870. The molecule has 7 aromatic carbocycles. The zero-order valence-electron chi connectivity index (χ0n) is 26.9. The van der Waals surface area contributed by atoms with Crippen molar-refractivity contribution in [3.8, 4) is 56.2 Å². The van der Waals surface area contributed by atoms with E-state index in [0.29, 0.717) is 5.82 Å². The summed E-state index contributed by atoms with van der Waals surface area (Å²) in [4.78, 5) is 10.4. The molecule has 4 heteroatoms. The first-order valence-electron chi connectivity index (χ1n) is 16.7. The molecule has 0 atom stereocenters. The van der Waals surface area contributed by atoms with E-state index in [9.17, 15) is 0 Å². The van der Waals surface area contributed by atoms with Gasteiger partial charge in [0.1, 0.15) is 22.3 Å². The van der Waals surface area contributed by atoms with Gasteiger partial charge in [0.2, 0.25) is 0 Å². The summed E-state index contributed by atoms with van der Waals surface area (Å²) in [7, 11) is 0. The lowest BCUT2D eigenvalue weighted by atomic mass is 9.94. The lowest BCUT2D eigenvalue weighted by molar-refractivity contribution is 0.668. The van der Waals surface area contributed by atoms with Gasteiger partial charge in [0, 0.05) is 38.2 Å². The molecule has 0 saturated heterocycles. The molecule has 3 aromatic heterocycles. The largest absolute Gasteiger partial charge is 0.456 e. The van der Waals surface area contributed by atoms with Gasteiger partial charge in [-0.15, -0.1) is 0 Å². The average molecular weight is 641 g/mol. The van der Waals surface area contributed by atoms with Gasteiger partial charge in [-0.05, 0) is 58.7 Å². The molecule has 50 heavy (non-hydrogen) atoms. The lowest BCUT2D eigenvalue weighted by Crippen LogP contribution is -1.97. The molecule has 0 spiro atoms. The van der Waals surface area contributed by atoms with Crippen LogP contribution in [0.4, 0.5) is 0 Å². The van der Waals surface area contributed by atoms with Crippen LogP contribution in [0.2, 0.25) is 0 Å². The molecule has 0 aliphatic heterocycles. The first-order chi connectivity index (χ1) is 24.8. The van der Waals surface area contributed by atoms with Gasteiger partial charge in [-0.3, -0.25) is 0 Å². The summed E-state index contributed by atoms with van der Waals surface area (Å²) >= 11 is 0. The van der Waals surface area contributed by atoms with Crippen LogP contribution in [-0.4, -0.2) is 9.97 Å². The highest BCUT2D eigenvalue weighted by Crippen LogP contribution is 2.43. The number of benzene rings is 7. The molecule has 0 N–H and O–H groups in total. The van der Waals surface area contributed by atoms with Crippen molar-refractivity contribution in [3.05, 3.63) is 170 Å². The standard InChI is InChI=1S/C46H28N2O2/c1-3-13-29(14-4-1)32-17-7-8-18-34(32)39-28-40(48-46(47-39)30-15-5-2-6-16-30)37-26-25-33(44-38-20-10-12-22-42(38)50-45(37)44)31-23-24-36-35-19-9-11-21-41(35)49-43(36)27-31/h1-28H. The smallest absolute Gasteiger partial charge is 0.160 e. The van der Waals surface area contributed by atoms with E-state index in [1.54, 1.807) is 0 Å². The zero-order valence-corrected chi connectivity index (χ0v) is 26.9. The molecule has 0 amide bonds. The predicted molar refractivity (Wildman–Crippen MR) is 204 cm³/mol. The molecule has 0 aliphatic rings. The summed E-state index contributed by atoms with van der Waals surface area (Å²) in [6.07, 6.45) is 0. The quantitative estimate of drug-likeness (QED) is 0.188. The number of rotatable bonds is 5. The third-order valence-corrected chi connectivity index (χ3v) is 9.54. The van der Waals surface area contributed by atoms with E-state index in [0.717, 1.165) is 94.2 Å².